The number of likely N-dealkylation sites (tertiary alicyclic amines) is 1. The first-order valence-electron chi connectivity index (χ1n) is 8.31. The van der Waals surface area contributed by atoms with Gasteiger partial charge in [-0.15, -0.1) is 0 Å². The van der Waals surface area contributed by atoms with Gasteiger partial charge in [0.1, 0.15) is 12.4 Å². The van der Waals surface area contributed by atoms with E-state index in [9.17, 15) is 9.59 Å². The lowest BCUT2D eigenvalue weighted by Crippen LogP contribution is -2.41. The Balaban J connectivity index is 1.43. The van der Waals surface area contributed by atoms with E-state index in [0.29, 0.717) is 37.5 Å². The van der Waals surface area contributed by atoms with E-state index in [4.69, 9.17) is 9.26 Å². The van der Waals surface area contributed by atoms with Gasteiger partial charge < -0.3 is 19.5 Å². The lowest BCUT2D eigenvalue weighted by molar-refractivity contribution is -0.121. The molecule has 1 fully saturated rings. The molecule has 0 saturated carbocycles. The van der Waals surface area contributed by atoms with Crippen LogP contribution in [0, 0.1) is 12.8 Å². The summed E-state index contributed by atoms with van der Waals surface area (Å²) in [6, 6.07) is 11.2. The Morgan fingerprint density at radius 2 is 2.00 bits per heavy atom. The molecule has 132 valence electrons. The lowest BCUT2D eigenvalue weighted by atomic mass is 9.96. The van der Waals surface area contributed by atoms with Crippen molar-refractivity contribution in [2.75, 3.05) is 18.4 Å². The maximum Gasteiger partial charge on any atom is 0.410 e. The molecule has 0 aliphatic carbocycles. The minimum atomic E-state index is -0.338. The highest BCUT2D eigenvalue weighted by Crippen LogP contribution is 2.20. The maximum absolute atomic E-state index is 12.2. The molecule has 1 aliphatic rings. The molecule has 2 amide bonds. The number of nitrogens with one attached hydrogen (secondary N) is 1. The minimum absolute atomic E-state index is 0.0920. The lowest BCUT2D eigenvalue weighted by Gasteiger charge is -2.30. The topological polar surface area (TPSA) is 84.7 Å². The summed E-state index contributed by atoms with van der Waals surface area (Å²) in [6.07, 6.45) is 0.862. The smallest absolute Gasteiger partial charge is 0.410 e. The van der Waals surface area contributed by atoms with Crippen LogP contribution < -0.4 is 5.32 Å². The predicted octanol–water partition coefficient (Wildman–Crippen LogP) is 2.97. The Bertz CT molecular complexity index is 721. The van der Waals surface area contributed by atoms with Crippen LogP contribution in [-0.2, 0) is 16.1 Å². The molecule has 1 N–H and O–H groups in total. The Morgan fingerprint density at radius 3 is 2.64 bits per heavy atom. The highest BCUT2D eigenvalue weighted by atomic mass is 16.6. The zero-order valence-electron chi connectivity index (χ0n) is 14.1. The van der Waals surface area contributed by atoms with Gasteiger partial charge in [0.15, 0.2) is 5.82 Å². The van der Waals surface area contributed by atoms with Crippen LogP contribution in [0.2, 0.25) is 0 Å². The van der Waals surface area contributed by atoms with E-state index < -0.39 is 0 Å². The normalized spacial score (nSPS) is 15.0. The number of piperidine rings is 1. The van der Waals surface area contributed by atoms with Gasteiger partial charge in [-0.05, 0) is 25.3 Å². The Labute approximate surface area is 145 Å². The van der Waals surface area contributed by atoms with Gasteiger partial charge in [0.2, 0.25) is 5.91 Å². The van der Waals surface area contributed by atoms with Gasteiger partial charge in [-0.2, -0.15) is 0 Å². The third-order valence-electron chi connectivity index (χ3n) is 4.21. The van der Waals surface area contributed by atoms with E-state index in [1.807, 2.05) is 30.3 Å². The highest BCUT2D eigenvalue weighted by molar-refractivity contribution is 5.91. The largest absolute Gasteiger partial charge is 0.445 e. The van der Waals surface area contributed by atoms with E-state index in [1.165, 1.54) is 0 Å². The molecular weight excluding hydrogens is 322 g/mol. The molecule has 0 spiro atoms. The van der Waals surface area contributed by atoms with Crippen molar-refractivity contribution in [3.05, 3.63) is 47.7 Å². The number of amides is 2. The minimum Gasteiger partial charge on any atom is -0.445 e. The molecule has 0 radical (unpaired) electrons. The molecule has 0 bridgehead atoms. The van der Waals surface area contributed by atoms with Crippen molar-refractivity contribution in [2.45, 2.75) is 26.4 Å². The van der Waals surface area contributed by atoms with Gasteiger partial charge in [0, 0.05) is 25.1 Å². The first-order valence-corrected chi connectivity index (χ1v) is 8.31. The van der Waals surface area contributed by atoms with Gasteiger partial charge in [-0.25, -0.2) is 4.79 Å². The van der Waals surface area contributed by atoms with Crippen molar-refractivity contribution in [1.29, 1.82) is 0 Å². The van der Waals surface area contributed by atoms with E-state index in [-0.39, 0.29) is 24.5 Å². The fraction of sp³-hybridized carbons (Fsp3) is 0.389. The molecule has 7 heteroatoms. The zero-order valence-corrected chi connectivity index (χ0v) is 14.1. The summed E-state index contributed by atoms with van der Waals surface area (Å²) >= 11 is 0. The molecule has 1 saturated heterocycles. The number of aryl methyl sites for hydroxylation is 1. The van der Waals surface area contributed by atoms with Gasteiger partial charge in [-0.3, -0.25) is 4.79 Å². The van der Waals surface area contributed by atoms with Gasteiger partial charge in [-0.1, -0.05) is 35.5 Å². The zero-order chi connectivity index (χ0) is 17.6. The molecule has 2 heterocycles. The average molecular weight is 343 g/mol. The van der Waals surface area contributed by atoms with Gasteiger partial charge in [0.05, 0.1) is 0 Å². The number of benzene rings is 1. The van der Waals surface area contributed by atoms with Gasteiger partial charge >= 0.3 is 6.09 Å². The van der Waals surface area contributed by atoms with Crippen LogP contribution >= 0.6 is 0 Å². The van der Waals surface area contributed by atoms with Crippen LogP contribution in [0.25, 0.3) is 0 Å². The molecular formula is C18H21N3O4. The summed E-state index contributed by atoms with van der Waals surface area (Å²) in [6.45, 7) is 3.03. The summed E-state index contributed by atoms with van der Waals surface area (Å²) in [4.78, 5) is 26.0. The third-order valence-corrected chi connectivity index (χ3v) is 4.21. The SMILES string of the molecule is Cc1cc(NC(=O)C2CCN(C(=O)OCc3ccccc3)CC2)no1. The monoisotopic (exact) mass is 343 g/mol. The summed E-state index contributed by atoms with van der Waals surface area (Å²) in [5, 5.41) is 6.50. The van der Waals surface area contributed by atoms with Crippen molar-refractivity contribution in [3.8, 4) is 0 Å². The number of hydrogen-bond acceptors (Lipinski definition) is 5. The summed E-state index contributed by atoms with van der Waals surface area (Å²) < 4.78 is 10.3. The third kappa shape index (κ3) is 4.59. The Kier molecular flexibility index (Phi) is 5.33. The second-order valence-electron chi connectivity index (χ2n) is 6.11. The fourth-order valence-electron chi connectivity index (χ4n) is 2.79. The standard InChI is InChI=1S/C18H21N3O4/c1-13-11-16(20-25-13)19-17(22)15-7-9-21(10-8-15)18(23)24-12-14-5-3-2-4-6-14/h2-6,11,15H,7-10,12H2,1H3,(H,19,20,22). The Morgan fingerprint density at radius 1 is 1.28 bits per heavy atom. The van der Waals surface area contributed by atoms with Crippen LogP contribution in [0.3, 0.4) is 0 Å². The predicted molar refractivity (Wildman–Crippen MR) is 90.8 cm³/mol. The van der Waals surface area contributed by atoms with E-state index in [2.05, 4.69) is 10.5 Å². The first kappa shape index (κ1) is 17.0. The molecule has 3 rings (SSSR count). The second kappa shape index (κ2) is 7.83. The summed E-state index contributed by atoms with van der Waals surface area (Å²) in [7, 11) is 0. The number of nitrogens with zero attached hydrogens (tertiary/aromatic N) is 2. The number of carbonyl (C=O) groups excluding carboxylic acids is 2. The van der Waals surface area contributed by atoms with Crippen LogP contribution in [0.4, 0.5) is 10.6 Å². The number of rotatable bonds is 4. The van der Waals surface area contributed by atoms with Gasteiger partial charge in [0.25, 0.3) is 0 Å². The maximum atomic E-state index is 12.2. The summed E-state index contributed by atoms with van der Waals surface area (Å²) in [5.74, 6) is 0.833. The quantitative estimate of drug-likeness (QED) is 0.922. The second-order valence-corrected chi connectivity index (χ2v) is 6.11. The molecule has 1 aliphatic heterocycles. The number of hydrogen-bond donors (Lipinski definition) is 1. The van der Waals surface area contributed by atoms with E-state index in [1.54, 1.807) is 17.9 Å². The molecule has 1 aromatic heterocycles. The van der Waals surface area contributed by atoms with E-state index in [0.717, 1.165) is 5.56 Å². The molecule has 0 atom stereocenters. The molecule has 2 aromatic rings. The molecule has 1 aromatic carbocycles. The number of anilines is 1. The highest BCUT2D eigenvalue weighted by Gasteiger charge is 2.28. The first-order chi connectivity index (χ1) is 12.1. The molecule has 0 unspecified atom stereocenters. The molecule has 25 heavy (non-hydrogen) atoms. The van der Waals surface area contributed by atoms with Crippen LogP contribution in [0.1, 0.15) is 24.2 Å². The van der Waals surface area contributed by atoms with Crippen molar-refractivity contribution in [3.63, 3.8) is 0 Å². The summed E-state index contributed by atoms with van der Waals surface area (Å²) in [5.41, 5.74) is 0.952. The van der Waals surface area contributed by atoms with Crippen molar-refractivity contribution in [1.82, 2.24) is 10.1 Å². The van der Waals surface area contributed by atoms with E-state index >= 15 is 0 Å². The van der Waals surface area contributed by atoms with Crippen molar-refractivity contribution < 1.29 is 18.8 Å². The fourth-order valence-corrected chi connectivity index (χ4v) is 2.79. The van der Waals surface area contributed by atoms with Crippen LogP contribution in [0.15, 0.2) is 40.9 Å². The number of ether oxygens (including phenoxy) is 1. The van der Waals surface area contributed by atoms with Crippen molar-refractivity contribution in [2.24, 2.45) is 5.92 Å². The Hall–Kier alpha value is -2.83. The average Bonchev–Trinajstić information content (AvgIpc) is 3.05. The van der Waals surface area contributed by atoms with Crippen LogP contribution in [-0.4, -0.2) is 35.1 Å². The molecule has 7 nitrogen and oxygen atoms in total. The van der Waals surface area contributed by atoms with Crippen molar-refractivity contribution >= 4 is 17.8 Å². The van der Waals surface area contributed by atoms with Crippen LogP contribution in [0.5, 0.6) is 0 Å². The number of aromatic nitrogens is 1. The number of carbonyl (C=O) groups is 2.